The number of rotatable bonds is 4. The predicted octanol–water partition coefficient (Wildman–Crippen LogP) is 3.15. The van der Waals surface area contributed by atoms with E-state index in [0.717, 1.165) is 5.69 Å². The van der Waals surface area contributed by atoms with Gasteiger partial charge < -0.3 is 5.32 Å². The molecule has 27 heavy (non-hydrogen) atoms. The molecular formula is C19H15FN6O. The van der Waals surface area contributed by atoms with Gasteiger partial charge in [-0.3, -0.25) is 4.79 Å². The Balaban J connectivity index is 1.56. The van der Waals surface area contributed by atoms with Gasteiger partial charge in [-0.05, 0) is 55.5 Å². The highest BCUT2D eigenvalue weighted by Crippen LogP contribution is 2.15. The number of carbonyl (C=O) groups is 1. The number of nitrogens with one attached hydrogen (secondary N) is 1. The Labute approximate surface area is 154 Å². The molecule has 8 heteroatoms. The zero-order valence-corrected chi connectivity index (χ0v) is 14.4. The van der Waals surface area contributed by atoms with Crippen LogP contribution in [0.1, 0.15) is 16.4 Å². The number of amides is 1. The molecule has 0 fully saturated rings. The third-order valence-corrected chi connectivity index (χ3v) is 3.92. The molecule has 134 valence electrons. The summed E-state index contributed by atoms with van der Waals surface area (Å²) in [6, 6.07) is 14.9. The molecule has 2 aromatic carbocycles. The zero-order valence-electron chi connectivity index (χ0n) is 14.4. The summed E-state index contributed by atoms with van der Waals surface area (Å²) >= 11 is 0. The second kappa shape index (κ2) is 6.83. The predicted molar refractivity (Wildman–Crippen MR) is 97.6 cm³/mol. The Bertz CT molecular complexity index is 1090. The molecule has 0 saturated heterocycles. The van der Waals surface area contributed by atoms with Crippen molar-refractivity contribution in [2.24, 2.45) is 0 Å². The normalized spacial score (nSPS) is 10.7. The summed E-state index contributed by atoms with van der Waals surface area (Å²) < 4.78 is 16.3. The van der Waals surface area contributed by atoms with E-state index < -0.39 is 5.91 Å². The van der Waals surface area contributed by atoms with Crippen LogP contribution in [0.5, 0.6) is 0 Å². The molecule has 0 aliphatic heterocycles. The van der Waals surface area contributed by atoms with E-state index in [2.05, 4.69) is 20.5 Å². The van der Waals surface area contributed by atoms with Gasteiger partial charge >= 0.3 is 0 Å². The lowest BCUT2D eigenvalue weighted by molar-refractivity contribution is 0.101. The van der Waals surface area contributed by atoms with Crippen molar-refractivity contribution in [3.8, 4) is 11.4 Å². The monoisotopic (exact) mass is 362 g/mol. The Hall–Kier alpha value is -3.81. The van der Waals surface area contributed by atoms with Crippen LogP contribution in [0, 0.1) is 12.7 Å². The Morgan fingerprint density at radius 1 is 1.07 bits per heavy atom. The fraction of sp³-hybridized carbons (Fsp3) is 0.0526. The quantitative estimate of drug-likeness (QED) is 0.605. The first-order chi connectivity index (χ1) is 13.1. The molecule has 4 rings (SSSR count). The first kappa shape index (κ1) is 16.6. The zero-order chi connectivity index (χ0) is 18.8. The molecule has 0 aliphatic rings. The van der Waals surface area contributed by atoms with Crippen molar-refractivity contribution in [1.82, 2.24) is 24.5 Å². The minimum atomic E-state index is -0.434. The van der Waals surface area contributed by atoms with Crippen molar-refractivity contribution >= 4 is 11.6 Å². The number of aromatic nitrogens is 5. The smallest absolute Gasteiger partial charge is 0.295 e. The summed E-state index contributed by atoms with van der Waals surface area (Å²) in [5, 5.41) is 11.2. The summed E-state index contributed by atoms with van der Waals surface area (Å²) in [5.41, 5.74) is 2.05. The summed E-state index contributed by atoms with van der Waals surface area (Å²) in [4.78, 5) is 16.7. The van der Waals surface area contributed by atoms with E-state index in [1.54, 1.807) is 42.1 Å². The van der Waals surface area contributed by atoms with Crippen molar-refractivity contribution in [2.45, 2.75) is 6.92 Å². The minimum Gasteiger partial charge on any atom is -0.319 e. The van der Waals surface area contributed by atoms with E-state index in [1.165, 1.54) is 16.8 Å². The maximum Gasteiger partial charge on any atom is 0.295 e. The molecule has 0 spiro atoms. The van der Waals surface area contributed by atoms with Crippen molar-refractivity contribution < 1.29 is 9.18 Å². The number of anilines is 1. The molecule has 0 aliphatic carbocycles. The third-order valence-electron chi connectivity index (χ3n) is 3.92. The molecule has 0 unspecified atom stereocenters. The third kappa shape index (κ3) is 3.45. The number of carbonyl (C=O) groups excluding carboxylic acids is 1. The van der Waals surface area contributed by atoms with E-state index in [4.69, 9.17) is 0 Å². The van der Waals surface area contributed by atoms with Gasteiger partial charge in [0.25, 0.3) is 5.91 Å². The first-order valence-electron chi connectivity index (χ1n) is 8.21. The average Bonchev–Trinajstić information content (AvgIpc) is 3.33. The van der Waals surface area contributed by atoms with E-state index in [-0.39, 0.29) is 11.6 Å². The molecule has 7 nitrogen and oxygen atoms in total. The van der Waals surface area contributed by atoms with Gasteiger partial charge in [0.15, 0.2) is 0 Å². The second-order valence-electron chi connectivity index (χ2n) is 5.83. The highest BCUT2D eigenvalue weighted by molar-refractivity contribution is 6.01. The van der Waals surface area contributed by atoms with Crippen LogP contribution < -0.4 is 5.32 Å². The van der Waals surface area contributed by atoms with E-state index in [1.807, 2.05) is 24.4 Å². The molecule has 0 atom stereocenters. The van der Waals surface area contributed by atoms with Crippen LogP contribution >= 0.6 is 0 Å². The molecule has 0 bridgehead atoms. The Morgan fingerprint density at radius 2 is 1.89 bits per heavy atom. The van der Waals surface area contributed by atoms with Crippen molar-refractivity contribution in [1.29, 1.82) is 0 Å². The van der Waals surface area contributed by atoms with Gasteiger partial charge in [0, 0.05) is 18.1 Å². The molecule has 0 saturated carbocycles. The lowest BCUT2D eigenvalue weighted by Gasteiger charge is -2.06. The van der Waals surface area contributed by atoms with Crippen LogP contribution in [0.3, 0.4) is 0 Å². The fourth-order valence-corrected chi connectivity index (χ4v) is 2.65. The summed E-state index contributed by atoms with van der Waals surface area (Å²) in [7, 11) is 0. The largest absolute Gasteiger partial charge is 0.319 e. The van der Waals surface area contributed by atoms with Crippen molar-refractivity contribution in [2.75, 3.05) is 5.32 Å². The number of benzene rings is 2. The second-order valence-corrected chi connectivity index (χ2v) is 5.83. The minimum absolute atomic E-state index is 0.0290. The molecular weight excluding hydrogens is 347 g/mol. The van der Waals surface area contributed by atoms with Gasteiger partial charge in [0.2, 0.25) is 5.82 Å². The van der Waals surface area contributed by atoms with E-state index in [0.29, 0.717) is 17.2 Å². The number of hydrogen-bond donors (Lipinski definition) is 1. The molecule has 0 radical (unpaired) electrons. The molecule has 2 heterocycles. The molecule has 1 N–H and O–H groups in total. The Morgan fingerprint density at radius 3 is 2.63 bits per heavy atom. The first-order valence-corrected chi connectivity index (χ1v) is 8.21. The lowest BCUT2D eigenvalue weighted by Crippen LogP contribution is -2.14. The van der Waals surface area contributed by atoms with Crippen LogP contribution in [0.4, 0.5) is 10.1 Å². The Kier molecular flexibility index (Phi) is 4.21. The topological polar surface area (TPSA) is 77.6 Å². The SMILES string of the molecule is Cc1nc(C(=O)Nc2cccc(-n3cccn3)c2)nn1-c1ccc(F)cc1. The van der Waals surface area contributed by atoms with Crippen LogP contribution in [0.25, 0.3) is 11.4 Å². The van der Waals surface area contributed by atoms with Gasteiger partial charge in [-0.15, -0.1) is 5.10 Å². The van der Waals surface area contributed by atoms with Gasteiger partial charge in [-0.25, -0.2) is 18.7 Å². The lowest BCUT2D eigenvalue weighted by atomic mass is 10.2. The standard InChI is InChI=1S/C19H15FN6O/c1-13-22-18(24-26(13)16-8-6-14(20)7-9-16)19(27)23-15-4-2-5-17(12-15)25-11-3-10-21-25/h2-12H,1H3,(H,23,27). The van der Waals surface area contributed by atoms with Crippen molar-refractivity contribution in [3.05, 3.63) is 84.5 Å². The van der Waals surface area contributed by atoms with E-state index >= 15 is 0 Å². The summed E-state index contributed by atoms with van der Waals surface area (Å²) in [6.07, 6.45) is 3.50. The highest BCUT2D eigenvalue weighted by atomic mass is 19.1. The fourth-order valence-electron chi connectivity index (χ4n) is 2.65. The van der Waals surface area contributed by atoms with Crippen molar-refractivity contribution in [3.63, 3.8) is 0 Å². The number of halogens is 1. The summed E-state index contributed by atoms with van der Waals surface area (Å²) in [6.45, 7) is 1.73. The van der Waals surface area contributed by atoms with Gasteiger partial charge in [0.1, 0.15) is 11.6 Å². The maximum atomic E-state index is 13.1. The van der Waals surface area contributed by atoms with Gasteiger partial charge in [0.05, 0.1) is 11.4 Å². The van der Waals surface area contributed by atoms with Crippen LogP contribution in [-0.2, 0) is 0 Å². The van der Waals surface area contributed by atoms with Crippen LogP contribution in [0.15, 0.2) is 67.0 Å². The average molecular weight is 362 g/mol. The molecule has 4 aromatic rings. The maximum absolute atomic E-state index is 13.1. The number of aryl methyl sites for hydroxylation is 1. The van der Waals surface area contributed by atoms with Gasteiger partial charge in [-0.1, -0.05) is 6.07 Å². The molecule has 1 amide bonds. The number of nitrogens with zero attached hydrogens (tertiary/aromatic N) is 5. The summed E-state index contributed by atoms with van der Waals surface area (Å²) in [5.74, 6) is -0.221. The number of hydrogen-bond acceptors (Lipinski definition) is 4. The molecule has 2 aromatic heterocycles. The van der Waals surface area contributed by atoms with E-state index in [9.17, 15) is 9.18 Å². The van der Waals surface area contributed by atoms with Crippen LogP contribution in [0.2, 0.25) is 0 Å². The highest BCUT2D eigenvalue weighted by Gasteiger charge is 2.16. The van der Waals surface area contributed by atoms with Gasteiger partial charge in [-0.2, -0.15) is 5.10 Å². The van der Waals surface area contributed by atoms with Crippen LogP contribution in [-0.4, -0.2) is 30.5 Å².